The van der Waals surface area contributed by atoms with Gasteiger partial charge in [-0.25, -0.2) is 0 Å². The molecule has 0 saturated carbocycles. The van der Waals surface area contributed by atoms with Crippen LogP contribution in [0.3, 0.4) is 0 Å². The van der Waals surface area contributed by atoms with Crippen molar-refractivity contribution < 1.29 is 0 Å². The molecule has 0 N–H and O–H groups in total. The minimum Gasteiger partial charge on any atom is -0.198 e. The lowest BCUT2D eigenvalue weighted by Gasteiger charge is -1.99. The molecule has 0 saturated heterocycles. The average Bonchev–Trinajstić information content (AvgIpc) is 1.85. The van der Waals surface area contributed by atoms with Gasteiger partial charge in [-0.3, -0.25) is 0 Å². The molecule has 9 heavy (non-hydrogen) atoms. The van der Waals surface area contributed by atoms with Crippen molar-refractivity contribution in [3.05, 3.63) is 0 Å². The largest absolute Gasteiger partial charge is 0.198 e. The zero-order valence-electron chi connectivity index (χ0n) is 5.59. The van der Waals surface area contributed by atoms with Gasteiger partial charge in [0.15, 0.2) is 0 Å². The van der Waals surface area contributed by atoms with Gasteiger partial charge in [0.25, 0.3) is 0 Å². The number of nitriles is 2. The molecule has 0 aromatic carbocycles. The average molecular weight is 122 g/mol. The van der Waals surface area contributed by atoms with Gasteiger partial charge in [0.05, 0.1) is 12.1 Å². The minimum atomic E-state index is 0.384. The van der Waals surface area contributed by atoms with E-state index in [-0.39, 0.29) is 0 Å². The normalized spacial score (nSPS) is 11.4. The van der Waals surface area contributed by atoms with Crippen LogP contribution in [-0.2, 0) is 0 Å². The Morgan fingerprint density at radius 3 is 2.44 bits per heavy atom. The molecule has 0 aliphatic carbocycles. The Morgan fingerprint density at radius 1 is 1.33 bits per heavy atom. The molecule has 2 nitrogen and oxygen atoms in total. The van der Waals surface area contributed by atoms with Gasteiger partial charge in [0.1, 0.15) is 0 Å². The molecule has 0 fully saturated rings. The summed E-state index contributed by atoms with van der Waals surface area (Å²) < 4.78 is 0. The predicted octanol–water partition coefficient (Wildman–Crippen LogP) is 1.84. The molecule has 0 aromatic rings. The maximum Gasteiger partial charge on any atom is 0.0624 e. The summed E-state index contributed by atoms with van der Waals surface area (Å²) in [7, 11) is 0. The van der Waals surface area contributed by atoms with Gasteiger partial charge >= 0.3 is 0 Å². The number of hydrogen-bond donors (Lipinski definition) is 0. The van der Waals surface area contributed by atoms with E-state index in [1.807, 2.05) is 13.0 Å². The van der Waals surface area contributed by atoms with Crippen LogP contribution in [-0.4, -0.2) is 0 Å². The van der Waals surface area contributed by atoms with Crippen LogP contribution in [0.2, 0.25) is 0 Å². The first kappa shape index (κ1) is 7.98. The van der Waals surface area contributed by atoms with Crippen molar-refractivity contribution in [3.63, 3.8) is 0 Å². The van der Waals surface area contributed by atoms with E-state index in [0.717, 1.165) is 6.42 Å². The number of nitrogens with zero attached hydrogens (tertiary/aromatic N) is 2. The fraction of sp³-hybridized carbons (Fsp3) is 0.714. The second kappa shape index (κ2) is 5.12. The molecule has 0 amide bonds. The molecule has 0 unspecified atom stereocenters. The van der Waals surface area contributed by atoms with E-state index in [1.54, 1.807) is 0 Å². The highest BCUT2D eigenvalue weighted by molar-refractivity contribution is 4.77. The van der Waals surface area contributed by atoms with E-state index < -0.39 is 0 Å². The summed E-state index contributed by atoms with van der Waals surface area (Å²) in [6.07, 6.45) is 1.99. The maximum atomic E-state index is 8.20. The fourth-order valence-electron chi connectivity index (χ4n) is 0.569. The van der Waals surface area contributed by atoms with Gasteiger partial charge in [-0.05, 0) is 12.3 Å². The summed E-state index contributed by atoms with van der Waals surface area (Å²) in [6.45, 7) is 1.99. The monoisotopic (exact) mass is 122 g/mol. The summed E-state index contributed by atoms with van der Waals surface area (Å²) in [4.78, 5) is 0. The summed E-state index contributed by atoms with van der Waals surface area (Å²) in [5.41, 5.74) is 0. The summed E-state index contributed by atoms with van der Waals surface area (Å²) in [5.74, 6) is 0.384. The first-order valence-electron chi connectivity index (χ1n) is 3.05. The van der Waals surface area contributed by atoms with Crippen LogP contribution >= 0.6 is 0 Å². The Morgan fingerprint density at radius 2 is 2.00 bits per heavy atom. The molecule has 1 atom stereocenters. The Hall–Kier alpha value is -1.02. The van der Waals surface area contributed by atoms with Crippen LogP contribution in [0.5, 0.6) is 0 Å². The van der Waals surface area contributed by atoms with Crippen molar-refractivity contribution in [1.82, 2.24) is 0 Å². The summed E-state index contributed by atoms with van der Waals surface area (Å²) in [5, 5.41) is 16.4. The smallest absolute Gasteiger partial charge is 0.0624 e. The molecule has 0 aromatic heterocycles. The molecule has 0 aliphatic rings. The molecular weight excluding hydrogens is 112 g/mol. The van der Waals surface area contributed by atoms with Crippen molar-refractivity contribution in [2.75, 3.05) is 0 Å². The molecule has 0 aliphatic heterocycles. The third kappa shape index (κ3) is 4.84. The quantitative estimate of drug-likeness (QED) is 0.573. The Balaban J connectivity index is 3.21. The van der Waals surface area contributed by atoms with E-state index in [0.29, 0.717) is 18.8 Å². The van der Waals surface area contributed by atoms with Crippen LogP contribution < -0.4 is 0 Å². The maximum absolute atomic E-state index is 8.20. The van der Waals surface area contributed by atoms with Gasteiger partial charge in [-0.15, -0.1) is 0 Å². The lowest BCUT2D eigenvalue weighted by Crippen LogP contribution is -1.90. The number of hydrogen-bond acceptors (Lipinski definition) is 2. The molecule has 0 radical (unpaired) electrons. The molecular formula is C7H10N2. The standard InChI is InChI=1S/C7H10N2/c1-7(4-6-9)3-2-5-8/h7H,2-4H2,1H3/t7-/m0/s1. The van der Waals surface area contributed by atoms with Crippen LogP contribution in [0, 0.1) is 28.6 Å². The first-order valence-corrected chi connectivity index (χ1v) is 3.05. The molecule has 2 heteroatoms. The fourth-order valence-corrected chi connectivity index (χ4v) is 0.569. The van der Waals surface area contributed by atoms with Crippen LogP contribution in [0.1, 0.15) is 26.2 Å². The molecule has 0 bridgehead atoms. The van der Waals surface area contributed by atoms with E-state index in [2.05, 4.69) is 6.07 Å². The van der Waals surface area contributed by atoms with Crippen molar-refractivity contribution in [2.45, 2.75) is 26.2 Å². The summed E-state index contributed by atoms with van der Waals surface area (Å²) >= 11 is 0. The van der Waals surface area contributed by atoms with Crippen molar-refractivity contribution in [2.24, 2.45) is 5.92 Å². The Kier molecular flexibility index (Phi) is 4.54. The van der Waals surface area contributed by atoms with E-state index >= 15 is 0 Å². The van der Waals surface area contributed by atoms with E-state index in [1.165, 1.54) is 0 Å². The highest BCUT2D eigenvalue weighted by Gasteiger charge is 1.98. The Labute approximate surface area is 55.7 Å². The highest BCUT2D eigenvalue weighted by Crippen LogP contribution is 2.07. The highest BCUT2D eigenvalue weighted by atomic mass is 14.2. The Bertz CT molecular complexity index is 138. The van der Waals surface area contributed by atoms with Crippen molar-refractivity contribution in [1.29, 1.82) is 10.5 Å². The second-order valence-corrected chi connectivity index (χ2v) is 2.16. The van der Waals surface area contributed by atoms with Crippen LogP contribution in [0.4, 0.5) is 0 Å². The molecule has 0 rings (SSSR count). The van der Waals surface area contributed by atoms with Crippen molar-refractivity contribution >= 4 is 0 Å². The van der Waals surface area contributed by atoms with Gasteiger partial charge in [0.2, 0.25) is 0 Å². The van der Waals surface area contributed by atoms with Gasteiger partial charge < -0.3 is 0 Å². The molecule has 0 heterocycles. The third-order valence-corrected chi connectivity index (χ3v) is 1.19. The predicted molar refractivity (Wildman–Crippen MR) is 34.2 cm³/mol. The lowest BCUT2D eigenvalue weighted by molar-refractivity contribution is 0.554. The zero-order chi connectivity index (χ0) is 7.11. The van der Waals surface area contributed by atoms with Crippen LogP contribution in [0.25, 0.3) is 0 Å². The third-order valence-electron chi connectivity index (χ3n) is 1.19. The molecule has 48 valence electrons. The SMILES string of the molecule is C[C@H](CC#N)CCC#N. The summed E-state index contributed by atoms with van der Waals surface area (Å²) in [6, 6.07) is 4.11. The van der Waals surface area contributed by atoms with Gasteiger partial charge in [-0.1, -0.05) is 6.92 Å². The topological polar surface area (TPSA) is 47.6 Å². The molecule has 0 spiro atoms. The number of rotatable bonds is 3. The van der Waals surface area contributed by atoms with Crippen LogP contribution in [0.15, 0.2) is 0 Å². The second-order valence-electron chi connectivity index (χ2n) is 2.16. The van der Waals surface area contributed by atoms with Gasteiger partial charge in [0, 0.05) is 12.8 Å². The van der Waals surface area contributed by atoms with E-state index in [4.69, 9.17) is 10.5 Å². The first-order chi connectivity index (χ1) is 4.31. The van der Waals surface area contributed by atoms with Gasteiger partial charge in [-0.2, -0.15) is 10.5 Å². The minimum absolute atomic E-state index is 0.384. The zero-order valence-corrected chi connectivity index (χ0v) is 5.59. The lowest BCUT2D eigenvalue weighted by atomic mass is 10.0. The van der Waals surface area contributed by atoms with Crippen molar-refractivity contribution in [3.8, 4) is 12.1 Å². The van der Waals surface area contributed by atoms with E-state index in [9.17, 15) is 0 Å².